The molecule has 17 heavy (non-hydrogen) atoms. The van der Waals surface area contributed by atoms with E-state index in [0.717, 1.165) is 10.7 Å². The summed E-state index contributed by atoms with van der Waals surface area (Å²) in [5.41, 5.74) is 6.82. The van der Waals surface area contributed by atoms with Crippen molar-refractivity contribution in [3.63, 3.8) is 0 Å². The summed E-state index contributed by atoms with van der Waals surface area (Å²) in [4.78, 5) is 15.7. The van der Waals surface area contributed by atoms with Crippen molar-refractivity contribution in [1.29, 1.82) is 0 Å². The average molecular weight is 256 g/mol. The van der Waals surface area contributed by atoms with E-state index in [4.69, 9.17) is 10.5 Å². The molecule has 0 fully saturated rings. The van der Waals surface area contributed by atoms with Crippen molar-refractivity contribution < 1.29 is 9.53 Å². The van der Waals surface area contributed by atoms with Crippen molar-refractivity contribution in [3.05, 3.63) is 16.1 Å². The fraction of sp³-hybridized carbons (Fsp3) is 0.667. The minimum absolute atomic E-state index is 0.0287. The number of aromatic nitrogens is 1. The van der Waals surface area contributed by atoms with Crippen LogP contribution >= 0.6 is 11.3 Å². The lowest BCUT2D eigenvalue weighted by atomic mass is 9.88. The third-order valence-electron chi connectivity index (χ3n) is 2.40. The van der Waals surface area contributed by atoms with Crippen LogP contribution in [0.5, 0.6) is 0 Å². The van der Waals surface area contributed by atoms with Gasteiger partial charge in [-0.15, -0.1) is 11.3 Å². The molecule has 0 aliphatic rings. The number of carbonyl (C=O) groups is 1. The highest BCUT2D eigenvalue weighted by molar-refractivity contribution is 7.09. The molecule has 0 aliphatic carbocycles. The van der Waals surface area contributed by atoms with Crippen LogP contribution in [0.4, 0.5) is 0 Å². The zero-order valence-corrected chi connectivity index (χ0v) is 11.6. The molecule has 1 unspecified atom stereocenters. The minimum Gasteiger partial charge on any atom is -0.466 e. The highest BCUT2D eigenvalue weighted by Gasteiger charge is 2.25. The van der Waals surface area contributed by atoms with Crippen LogP contribution in [0.25, 0.3) is 0 Å². The van der Waals surface area contributed by atoms with E-state index in [9.17, 15) is 4.79 Å². The first-order valence-corrected chi connectivity index (χ1v) is 6.58. The van der Waals surface area contributed by atoms with Crippen molar-refractivity contribution in [2.75, 3.05) is 6.61 Å². The molecule has 0 amide bonds. The van der Waals surface area contributed by atoms with Crippen LogP contribution < -0.4 is 5.73 Å². The molecule has 0 aliphatic heterocycles. The zero-order valence-electron chi connectivity index (χ0n) is 10.8. The van der Waals surface area contributed by atoms with Crippen LogP contribution in [0.3, 0.4) is 0 Å². The predicted octanol–water partition coefficient (Wildman–Crippen LogP) is 2.29. The van der Waals surface area contributed by atoms with Gasteiger partial charge in [-0.05, 0) is 12.3 Å². The van der Waals surface area contributed by atoms with Crippen LogP contribution in [-0.4, -0.2) is 17.6 Å². The Morgan fingerprint density at radius 3 is 2.76 bits per heavy atom. The highest BCUT2D eigenvalue weighted by atomic mass is 32.1. The van der Waals surface area contributed by atoms with Crippen molar-refractivity contribution in [1.82, 2.24) is 4.98 Å². The molecule has 1 aromatic heterocycles. The summed E-state index contributed by atoms with van der Waals surface area (Å²) in [5.74, 6) is -0.242. The van der Waals surface area contributed by atoms with Crippen LogP contribution in [0.1, 0.15) is 44.4 Å². The number of nitrogens with zero attached hydrogens (tertiary/aromatic N) is 1. The maximum Gasteiger partial charge on any atom is 0.311 e. The molecule has 5 heteroatoms. The van der Waals surface area contributed by atoms with Crippen molar-refractivity contribution in [3.8, 4) is 0 Å². The number of nitrogens with two attached hydrogens (primary N) is 1. The number of hydrogen-bond donors (Lipinski definition) is 1. The standard InChI is InChI=1S/C12H20N2O2S/c1-5-16-9(15)6-8-7-17-11(14-8)10(13)12(2,3)4/h7,10H,5-6,13H2,1-4H3. The topological polar surface area (TPSA) is 65.2 Å². The van der Waals surface area contributed by atoms with E-state index in [2.05, 4.69) is 25.8 Å². The first-order valence-electron chi connectivity index (χ1n) is 5.70. The Balaban J connectivity index is 2.69. The Kier molecular flexibility index (Phi) is 4.65. The predicted molar refractivity (Wildman–Crippen MR) is 68.8 cm³/mol. The fourth-order valence-electron chi connectivity index (χ4n) is 1.28. The molecule has 0 aromatic carbocycles. The van der Waals surface area contributed by atoms with Gasteiger partial charge >= 0.3 is 5.97 Å². The Labute approximate surface area is 106 Å². The number of esters is 1. The molecular formula is C12H20N2O2S. The van der Waals surface area contributed by atoms with Gasteiger partial charge in [0.25, 0.3) is 0 Å². The monoisotopic (exact) mass is 256 g/mol. The van der Waals surface area contributed by atoms with E-state index < -0.39 is 0 Å². The van der Waals surface area contributed by atoms with Crippen molar-refractivity contribution in [2.24, 2.45) is 11.1 Å². The van der Waals surface area contributed by atoms with E-state index in [1.165, 1.54) is 11.3 Å². The van der Waals surface area contributed by atoms with Crippen LogP contribution in [0.15, 0.2) is 5.38 Å². The van der Waals surface area contributed by atoms with Gasteiger partial charge in [0.15, 0.2) is 0 Å². The Bertz CT molecular complexity index is 382. The maximum absolute atomic E-state index is 11.3. The van der Waals surface area contributed by atoms with Crippen LogP contribution in [-0.2, 0) is 16.0 Å². The molecule has 0 bridgehead atoms. The van der Waals surface area contributed by atoms with Gasteiger partial charge in [0.05, 0.1) is 24.8 Å². The SMILES string of the molecule is CCOC(=O)Cc1csc(C(N)C(C)(C)C)n1. The van der Waals surface area contributed by atoms with E-state index in [1.54, 1.807) is 6.92 Å². The van der Waals surface area contributed by atoms with Gasteiger partial charge in [-0.25, -0.2) is 4.98 Å². The molecule has 1 heterocycles. The Morgan fingerprint density at radius 2 is 2.24 bits per heavy atom. The normalized spacial score (nSPS) is 13.5. The number of ether oxygens (including phenoxy) is 1. The summed E-state index contributed by atoms with van der Waals surface area (Å²) < 4.78 is 4.88. The summed E-state index contributed by atoms with van der Waals surface area (Å²) >= 11 is 1.50. The van der Waals surface area contributed by atoms with Gasteiger partial charge in [0.1, 0.15) is 5.01 Å². The second-order valence-corrected chi connectivity index (χ2v) is 5.89. The quantitative estimate of drug-likeness (QED) is 0.839. The summed E-state index contributed by atoms with van der Waals surface area (Å²) in [6.07, 6.45) is 0.223. The van der Waals surface area contributed by atoms with E-state index in [1.807, 2.05) is 5.38 Å². The van der Waals surface area contributed by atoms with Gasteiger partial charge in [-0.1, -0.05) is 20.8 Å². The van der Waals surface area contributed by atoms with Crippen LogP contribution in [0.2, 0.25) is 0 Å². The number of carbonyl (C=O) groups excluding carboxylic acids is 1. The number of thiazole rings is 1. The second kappa shape index (κ2) is 5.60. The first-order chi connectivity index (χ1) is 7.84. The lowest BCUT2D eigenvalue weighted by Gasteiger charge is -2.24. The summed E-state index contributed by atoms with van der Waals surface area (Å²) in [5, 5.41) is 2.74. The van der Waals surface area contributed by atoms with Crippen molar-refractivity contribution in [2.45, 2.75) is 40.2 Å². The fourth-order valence-corrected chi connectivity index (χ4v) is 2.34. The smallest absolute Gasteiger partial charge is 0.311 e. The van der Waals surface area contributed by atoms with Crippen LogP contribution in [0, 0.1) is 5.41 Å². The molecular weight excluding hydrogens is 236 g/mol. The van der Waals surface area contributed by atoms with Crippen molar-refractivity contribution >= 4 is 17.3 Å². The van der Waals surface area contributed by atoms with E-state index >= 15 is 0 Å². The molecule has 96 valence electrons. The Morgan fingerprint density at radius 1 is 1.59 bits per heavy atom. The lowest BCUT2D eigenvalue weighted by molar-refractivity contribution is -0.142. The molecule has 0 spiro atoms. The van der Waals surface area contributed by atoms with Gasteiger partial charge in [0, 0.05) is 5.38 Å². The minimum atomic E-state index is -0.242. The number of hydrogen-bond acceptors (Lipinski definition) is 5. The largest absolute Gasteiger partial charge is 0.466 e. The molecule has 1 aromatic rings. The second-order valence-electron chi connectivity index (χ2n) is 5.00. The summed E-state index contributed by atoms with van der Waals surface area (Å²) in [7, 11) is 0. The summed E-state index contributed by atoms with van der Waals surface area (Å²) in [6, 6.07) is -0.108. The van der Waals surface area contributed by atoms with E-state index in [-0.39, 0.29) is 23.8 Å². The number of rotatable bonds is 4. The average Bonchev–Trinajstić information content (AvgIpc) is 2.63. The summed E-state index contributed by atoms with van der Waals surface area (Å²) in [6.45, 7) is 8.41. The molecule has 0 saturated heterocycles. The molecule has 0 saturated carbocycles. The van der Waals surface area contributed by atoms with Gasteiger partial charge in [0.2, 0.25) is 0 Å². The first kappa shape index (κ1) is 14.1. The zero-order chi connectivity index (χ0) is 13.1. The van der Waals surface area contributed by atoms with Gasteiger partial charge in [-0.3, -0.25) is 4.79 Å². The Hall–Kier alpha value is -0.940. The molecule has 0 radical (unpaired) electrons. The van der Waals surface area contributed by atoms with Gasteiger partial charge < -0.3 is 10.5 Å². The van der Waals surface area contributed by atoms with E-state index in [0.29, 0.717) is 6.61 Å². The molecule has 2 N–H and O–H groups in total. The molecule has 1 atom stereocenters. The third kappa shape index (κ3) is 4.09. The third-order valence-corrected chi connectivity index (χ3v) is 3.38. The van der Waals surface area contributed by atoms with Gasteiger partial charge in [-0.2, -0.15) is 0 Å². The molecule has 1 rings (SSSR count). The lowest BCUT2D eigenvalue weighted by Crippen LogP contribution is -2.26. The highest BCUT2D eigenvalue weighted by Crippen LogP contribution is 2.32. The molecule has 4 nitrogen and oxygen atoms in total. The maximum atomic E-state index is 11.3.